The Kier molecular flexibility index (Phi) is 7.85. The third-order valence-corrected chi connectivity index (χ3v) is 5.81. The zero-order valence-electron chi connectivity index (χ0n) is 17.9. The fraction of sp³-hybridized carbons (Fsp3) is 0.368. The third-order valence-electron chi connectivity index (χ3n) is 4.81. The lowest BCUT2D eigenvalue weighted by atomic mass is 10.0. The molecule has 3 aromatic rings. The Balaban J connectivity index is 1.87. The number of aliphatic hydroxyl groups excluding tert-OH is 2. The number of hydrogen-bond donors (Lipinski definition) is 5. The number of imidazole rings is 1. The molecule has 0 aromatic carbocycles. The van der Waals surface area contributed by atoms with Gasteiger partial charge in [0.1, 0.15) is 11.6 Å². The third kappa shape index (κ3) is 5.32. The summed E-state index contributed by atoms with van der Waals surface area (Å²) >= 11 is 6.60. The molecule has 6 N–H and O–H groups in total. The molecule has 0 saturated carbocycles. The minimum atomic E-state index is -2.07. The number of ether oxygens (including phenoxy) is 2. The van der Waals surface area contributed by atoms with Gasteiger partial charge in [-0.05, 0) is 18.5 Å². The van der Waals surface area contributed by atoms with Gasteiger partial charge in [-0.2, -0.15) is 9.97 Å². The van der Waals surface area contributed by atoms with Crippen LogP contribution in [0.3, 0.4) is 0 Å². The van der Waals surface area contributed by atoms with Gasteiger partial charge in [0.2, 0.25) is 15.9 Å². The molecule has 0 aliphatic carbocycles. The van der Waals surface area contributed by atoms with E-state index in [-0.39, 0.29) is 33.0 Å². The van der Waals surface area contributed by atoms with Crippen LogP contribution in [0.2, 0.25) is 5.28 Å². The van der Waals surface area contributed by atoms with Crippen molar-refractivity contribution in [3.05, 3.63) is 27.7 Å². The van der Waals surface area contributed by atoms with Gasteiger partial charge in [-0.3, -0.25) is 4.57 Å². The predicted octanol–water partition coefficient (Wildman–Crippen LogP) is 0.103. The number of hydrogen-bond acceptors (Lipinski definition) is 12. The van der Waals surface area contributed by atoms with Crippen LogP contribution in [0.1, 0.15) is 28.6 Å². The van der Waals surface area contributed by atoms with E-state index in [0.717, 1.165) is 11.3 Å². The Morgan fingerprint density at radius 1 is 1.37 bits per heavy atom. The number of nitrogen functional groups attached to an aromatic ring is 1. The van der Waals surface area contributed by atoms with E-state index in [4.69, 9.17) is 38.3 Å². The predicted molar refractivity (Wildman–Crippen MR) is 121 cm³/mol. The van der Waals surface area contributed by atoms with Gasteiger partial charge in [-0.15, -0.1) is 17.8 Å². The van der Waals surface area contributed by atoms with Crippen LogP contribution in [-0.2, 0) is 19.9 Å². The topological polar surface area (TPSA) is 216 Å². The molecule has 0 aliphatic rings. The normalized spacial score (nSPS) is 15.7. The van der Waals surface area contributed by atoms with Gasteiger partial charge in [-0.1, -0.05) is 5.92 Å². The van der Waals surface area contributed by atoms with E-state index < -0.39 is 49.2 Å². The fourth-order valence-corrected chi connectivity index (χ4v) is 3.82. The monoisotopic (exact) mass is 526 g/mol. The number of carboxylic acids is 2. The average Bonchev–Trinajstić information content (AvgIpc) is 3.47. The van der Waals surface area contributed by atoms with Crippen molar-refractivity contribution in [2.24, 2.45) is 0 Å². The summed E-state index contributed by atoms with van der Waals surface area (Å²) in [4.78, 5) is 38.7. The molecule has 16 heteroatoms. The first kappa shape index (κ1) is 26.2. The maximum absolute atomic E-state index is 11.9. The molecule has 0 fully saturated rings. The van der Waals surface area contributed by atoms with Crippen LogP contribution in [0.5, 0.6) is 0 Å². The number of rotatable bonds is 11. The molecule has 0 amide bonds. The summed E-state index contributed by atoms with van der Waals surface area (Å²) in [7, 11) is 0. The summed E-state index contributed by atoms with van der Waals surface area (Å²) in [5.41, 5.74) is 3.80. The highest BCUT2D eigenvalue weighted by molar-refractivity contribution is 7.11. The molecule has 1 unspecified atom stereocenters. The van der Waals surface area contributed by atoms with Gasteiger partial charge in [0, 0.05) is 5.38 Å². The first-order valence-corrected chi connectivity index (χ1v) is 10.9. The number of terminal acetylenes is 1. The number of thiazole rings is 1. The first-order chi connectivity index (χ1) is 16.5. The maximum atomic E-state index is 11.9. The van der Waals surface area contributed by atoms with Crippen molar-refractivity contribution < 1.29 is 39.5 Å². The number of halogens is 1. The number of aromatic nitrogens is 5. The summed E-state index contributed by atoms with van der Waals surface area (Å²) in [5.74, 6) is -0.716. The number of aliphatic hydroxyl groups is 2. The Labute approximate surface area is 205 Å². The quantitative estimate of drug-likeness (QED) is 0.166. The van der Waals surface area contributed by atoms with Gasteiger partial charge in [0.25, 0.3) is 0 Å². The van der Waals surface area contributed by atoms with Gasteiger partial charge in [-0.25, -0.2) is 19.6 Å². The molecule has 0 bridgehead atoms. The molecule has 35 heavy (non-hydrogen) atoms. The second kappa shape index (κ2) is 10.5. The zero-order valence-corrected chi connectivity index (χ0v) is 19.5. The summed E-state index contributed by atoms with van der Waals surface area (Å²) in [5, 5.41) is 39.7. The van der Waals surface area contributed by atoms with Gasteiger partial charge in [0.05, 0.1) is 25.2 Å². The van der Waals surface area contributed by atoms with Crippen LogP contribution in [0.4, 0.5) is 5.82 Å². The van der Waals surface area contributed by atoms with Crippen molar-refractivity contribution in [2.45, 2.75) is 31.0 Å². The lowest BCUT2D eigenvalue weighted by molar-refractivity contribution is -0.182. The number of aliphatic carboxylic acids is 1. The number of fused-ring (bicyclic) bond motifs is 1. The highest BCUT2D eigenvalue weighted by Crippen LogP contribution is 2.29. The summed E-state index contributed by atoms with van der Waals surface area (Å²) in [6, 6.07) is 0. The van der Waals surface area contributed by atoms with Crippen molar-refractivity contribution in [2.75, 3.05) is 18.9 Å². The Hall–Kier alpha value is -3.39. The lowest BCUT2D eigenvalue weighted by Crippen LogP contribution is -2.41. The van der Waals surface area contributed by atoms with Crippen molar-refractivity contribution in [1.82, 2.24) is 24.5 Å². The van der Waals surface area contributed by atoms with Crippen molar-refractivity contribution >= 4 is 51.9 Å². The number of aromatic carboxylic acids is 1. The average molecular weight is 527 g/mol. The highest BCUT2D eigenvalue weighted by Gasteiger charge is 2.40. The van der Waals surface area contributed by atoms with Crippen LogP contribution in [0, 0.1) is 12.3 Å². The van der Waals surface area contributed by atoms with Crippen molar-refractivity contribution in [3.8, 4) is 12.3 Å². The van der Waals surface area contributed by atoms with Crippen molar-refractivity contribution in [3.63, 3.8) is 0 Å². The Morgan fingerprint density at radius 3 is 2.66 bits per heavy atom. The molecule has 0 aliphatic heterocycles. The standard InChI is InChI=1S/C19H19ClN6O8S/c1-3-9(28)15(26-7-22-11-12(21)24-18(20)25-13(11)26)34-8(4-27)5-33-19(2,17(31)32)10-6-35-14(23-10)16(29)30/h1,6-9,15,27-28H,4-5H2,2H3,(H,29,30)(H,31,32)(H2,21,24,25)/t8-,9+,15+,19?/m0/s1. The largest absolute Gasteiger partial charge is 0.479 e. The van der Waals surface area contributed by atoms with E-state index in [1.807, 2.05) is 0 Å². The lowest BCUT2D eigenvalue weighted by Gasteiger charge is -2.29. The van der Waals surface area contributed by atoms with E-state index in [1.54, 1.807) is 0 Å². The number of carbonyl (C=O) groups is 2. The van der Waals surface area contributed by atoms with Crippen LogP contribution in [0.25, 0.3) is 11.2 Å². The molecule has 4 atom stereocenters. The van der Waals surface area contributed by atoms with Gasteiger partial charge < -0.3 is 35.6 Å². The Bertz CT molecular complexity index is 1290. The van der Waals surface area contributed by atoms with Gasteiger partial charge in [0.15, 0.2) is 23.8 Å². The molecule has 0 spiro atoms. The minimum absolute atomic E-state index is 0.0315. The molecule has 3 aromatic heterocycles. The van der Waals surface area contributed by atoms with E-state index >= 15 is 0 Å². The smallest absolute Gasteiger partial charge is 0.365 e. The number of carboxylic acid groups (broad SMARTS) is 2. The molecule has 186 valence electrons. The Morgan fingerprint density at radius 2 is 2.09 bits per heavy atom. The molecule has 3 heterocycles. The maximum Gasteiger partial charge on any atom is 0.365 e. The van der Waals surface area contributed by atoms with Gasteiger partial charge >= 0.3 is 11.9 Å². The van der Waals surface area contributed by atoms with Crippen LogP contribution >= 0.6 is 22.9 Å². The van der Waals surface area contributed by atoms with Crippen LogP contribution < -0.4 is 5.73 Å². The summed E-state index contributed by atoms with van der Waals surface area (Å²) in [6.07, 6.45) is 2.42. The van der Waals surface area contributed by atoms with Crippen LogP contribution in [0.15, 0.2) is 11.7 Å². The summed E-state index contributed by atoms with van der Waals surface area (Å²) < 4.78 is 12.5. The van der Waals surface area contributed by atoms with E-state index in [2.05, 4.69) is 25.9 Å². The summed E-state index contributed by atoms with van der Waals surface area (Å²) in [6.45, 7) is -0.0216. The van der Waals surface area contributed by atoms with Crippen molar-refractivity contribution in [1.29, 1.82) is 0 Å². The minimum Gasteiger partial charge on any atom is -0.479 e. The molecular formula is C19H19ClN6O8S. The molecular weight excluding hydrogens is 508 g/mol. The van der Waals surface area contributed by atoms with E-state index in [0.29, 0.717) is 0 Å². The molecule has 3 rings (SSSR count). The molecule has 0 radical (unpaired) electrons. The first-order valence-electron chi connectivity index (χ1n) is 9.64. The molecule has 14 nitrogen and oxygen atoms in total. The molecule has 0 saturated heterocycles. The SMILES string of the molecule is C#C[C@@H](O)[C@@H](O[C@@H](CO)COC(C)(C(=O)O)c1csc(C(=O)O)n1)n1cnc2c(N)nc(Cl)nc21. The zero-order chi connectivity index (χ0) is 25.9. The highest BCUT2D eigenvalue weighted by atomic mass is 35.5. The second-order valence-electron chi connectivity index (χ2n) is 7.14. The fourth-order valence-electron chi connectivity index (χ4n) is 2.90. The van der Waals surface area contributed by atoms with Crippen LogP contribution in [-0.4, -0.2) is 82.3 Å². The number of nitrogens with zero attached hydrogens (tertiary/aromatic N) is 5. The number of nitrogens with two attached hydrogens (primary N) is 1. The second-order valence-corrected chi connectivity index (χ2v) is 8.33. The number of anilines is 1. The van der Waals surface area contributed by atoms with E-state index in [1.165, 1.54) is 23.2 Å². The van der Waals surface area contributed by atoms with E-state index in [9.17, 15) is 24.9 Å².